The van der Waals surface area contributed by atoms with Gasteiger partial charge in [0.25, 0.3) is 0 Å². The summed E-state index contributed by atoms with van der Waals surface area (Å²) in [4.78, 5) is 10.5. The van der Waals surface area contributed by atoms with E-state index in [0.717, 1.165) is 5.56 Å². The lowest BCUT2D eigenvalue weighted by Crippen LogP contribution is -2.08. The van der Waals surface area contributed by atoms with Crippen molar-refractivity contribution in [1.82, 2.24) is 20.2 Å². The Bertz CT molecular complexity index is 642. The van der Waals surface area contributed by atoms with Gasteiger partial charge in [0, 0.05) is 19.4 Å². The van der Waals surface area contributed by atoms with Crippen LogP contribution in [0.15, 0.2) is 18.2 Å². The van der Waals surface area contributed by atoms with Gasteiger partial charge in [0.1, 0.15) is 0 Å². The van der Waals surface area contributed by atoms with Crippen LogP contribution in [0, 0.1) is 0 Å². The number of benzene rings is 1. The molecule has 0 aliphatic rings. The van der Waals surface area contributed by atoms with Gasteiger partial charge in [-0.15, -0.1) is 5.10 Å². The van der Waals surface area contributed by atoms with E-state index in [9.17, 15) is 4.79 Å². The molecule has 1 N–H and O–H groups in total. The van der Waals surface area contributed by atoms with E-state index in [0.29, 0.717) is 36.7 Å². The highest BCUT2D eigenvalue weighted by atomic mass is 16.5. The third-order valence-electron chi connectivity index (χ3n) is 3.18. The maximum atomic E-state index is 10.5. The first-order valence-electron chi connectivity index (χ1n) is 6.81. The number of hydrogen-bond donors (Lipinski definition) is 1. The first kappa shape index (κ1) is 15.7. The molecule has 0 saturated carbocycles. The summed E-state index contributed by atoms with van der Waals surface area (Å²) in [5, 5.41) is 20.2. The fraction of sp³-hybridized carbons (Fsp3) is 0.429. The summed E-state index contributed by atoms with van der Waals surface area (Å²) < 4.78 is 12.1. The molecule has 2 rings (SSSR count). The summed E-state index contributed by atoms with van der Waals surface area (Å²) in [6.07, 6.45) is 1.11. The summed E-state index contributed by atoms with van der Waals surface area (Å²) in [6.45, 7) is 0.474. The molecule has 8 heteroatoms. The molecule has 0 amide bonds. The van der Waals surface area contributed by atoms with Crippen LogP contribution in [-0.2, 0) is 17.8 Å². The van der Waals surface area contributed by atoms with Crippen LogP contribution in [0.2, 0.25) is 0 Å². The number of rotatable bonds is 8. The molecular formula is C14H18N4O4. The molecule has 0 fully saturated rings. The SMILES string of the molecule is COc1ccc(Cc2nnnn2CCCC(=O)O)cc1OC. The molecule has 0 radical (unpaired) electrons. The zero-order valence-corrected chi connectivity index (χ0v) is 12.5. The Morgan fingerprint density at radius 1 is 1.27 bits per heavy atom. The van der Waals surface area contributed by atoms with Crippen molar-refractivity contribution in [3.05, 3.63) is 29.6 Å². The average Bonchev–Trinajstić information content (AvgIpc) is 2.94. The van der Waals surface area contributed by atoms with Gasteiger partial charge >= 0.3 is 5.97 Å². The van der Waals surface area contributed by atoms with Gasteiger partial charge in [-0.25, -0.2) is 4.68 Å². The van der Waals surface area contributed by atoms with Crippen LogP contribution in [0.5, 0.6) is 11.5 Å². The van der Waals surface area contributed by atoms with Crippen molar-refractivity contribution in [1.29, 1.82) is 0 Å². The number of carboxylic acids is 1. The van der Waals surface area contributed by atoms with Gasteiger partial charge in [0.05, 0.1) is 14.2 Å². The third kappa shape index (κ3) is 3.94. The smallest absolute Gasteiger partial charge is 0.303 e. The Morgan fingerprint density at radius 2 is 2.05 bits per heavy atom. The Morgan fingerprint density at radius 3 is 2.73 bits per heavy atom. The molecule has 0 aliphatic heterocycles. The number of carboxylic acid groups (broad SMARTS) is 1. The Hall–Kier alpha value is -2.64. The molecule has 0 aliphatic carbocycles. The van der Waals surface area contributed by atoms with Crippen LogP contribution in [-0.4, -0.2) is 45.5 Å². The monoisotopic (exact) mass is 306 g/mol. The van der Waals surface area contributed by atoms with Gasteiger partial charge in [0.2, 0.25) is 0 Å². The molecule has 0 bridgehead atoms. The number of aromatic nitrogens is 4. The fourth-order valence-electron chi connectivity index (χ4n) is 2.08. The van der Waals surface area contributed by atoms with E-state index in [1.54, 1.807) is 18.9 Å². The summed E-state index contributed by atoms with van der Waals surface area (Å²) in [6, 6.07) is 5.61. The molecular weight excluding hydrogens is 288 g/mol. The van der Waals surface area contributed by atoms with E-state index in [1.807, 2.05) is 18.2 Å². The van der Waals surface area contributed by atoms with Crippen molar-refractivity contribution >= 4 is 5.97 Å². The number of methoxy groups -OCH3 is 2. The molecule has 0 atom stereocenters. The van der Waals surface area contributed by atoms with E-state index in [4.69, 9.17) is 14.6 Å². The maximum Gasteiger partial charge on any atom is 0.303 e. The van der Waals surface area contributed by atoms with Gasteiger partial charge < -0.3 is 14.6 Å². The molecule has 2 aromatic rings. The number of hydrogen-bond acceptors (Lipinski definition) is 6. The predicted molar refractivity (Wildman–Crippen MR) is 77.0 cm³/mol. The summed E-state index contributed by atoms with van der Waals surface area (Å²) in [5.41, 5.74) is 0.979. The van der Waals surface area contributed by atoms with Gasteiger partial charge in [-0.1, -0.05) is 6.07 Å². The van der Waals surface area contributed by atoms with Crippen molar-refractivity contribution in [2.24, 2.45) is 0 Å². The van der Waals surface area contributed by atoms with Crippen molar-refractivity contribution in [2.45, 2.75) is 25.8 Å². The van der Waals surface area contributed by atoms with E-state index < -0.39 is 5.97 Å². The highest BCUT2D eigenvalue weighted by molar-refractivity contribution is 5.66. The highest BCUT2D eigenvalue weighted by Gasteiger charge is 2.10. The Labute approximate surface area is 127 Å². The highest BCUT2D eigenvalue weighted by Crippen LogP contribution is 2.28. The quantitative estimate of drug-likeness (QED) is 0.780. The summed E-state index contributed by atoms with van der Waals surface area (Å²) in [5.74, 6) is 1.16. The summed E-state index contributed by atoms with van der Waals surface area (Å²) in [7, 11) is 3.16. The molecule has 1 aromatic heterocycles. The lowest BCUT2D eigenvalue weighted by molar-refractivity contribution is -0.137. The fourth-order valence-corrected chi connectivity index (χ4v) is 2.08. The maximum absolute atomic E-state index is 10.5. The van der Waals surface area contributed by atoms with E-state index in [2.05, 4.69) is 15.5 Å². The first-order chi connectivity index (χ1) is 10.6. The number of nitrogens with zero attached hydrogens (tertiary/aromatic N) is 4. The number of aliphatic carboxylic acids is 1. The number of tetrazole rings is 1. The third-order valence-corrected chi connectivity index (χ3v) is 3.18. The topological polar surface area (TPSA) is 99.4 Å². The molecule has 0 spiro atoms. The van der Waals surface area contributed by atoms with Crippen molar-refractivity contribution in [2.75, 3.05) is 14.2 Å². The molecule has 0 saturated heterocycles. The van der Waals surface area contributed by atoms with E-state index in [1.165, 1.54) is 0 Å². The van der Waals surface area contributed by atoms with Crippen LogP contribution >= 0.6 is 0 Å². The molecule has 1 heterocycles. The van der Waals surface area contributed by atoms with Crippen LogP contribution in [0.3, 0.4) is 0 Å². The minimum absolute atomic E-state index is 0.0929. The van der Waals surface area contributed by atoms with Gasteiger partial charge in [-0.2, -0.15) is 0 Å². The molecule has 0 unspecified atom stereocenters. The number of aryl methyl sites for hydroxylation is 1. The van der Waals surface area contributed by atoms with Crippen LogP contribution in [0.4, 0.5) is 0 Å². The molecule has 8 nitrogen and oxygen atoms in total. The van der Waals surface area contributed by atoms with E-state index in [-0.39, 0.29) is 6.42 Å². The number of ether oxygens (including phenoxy) is 2. The minimum Gasteiger partial charge on any atom is -0.493 e. The second kappa shape index (κ2) is 7.39. The van der Waals surface area contributed by atoms with Gasteiger partial charge in [-0.05, 0) is 34.5 Å². The second-order valence-electron chi connectivity index (χ2n) is 4.68. The zero-order valence-electron chi connectivity index (χ0n) is 12.5. The van der Waals surface area contributed by atoms with Gasteiger partial charge in [0.15, 0.2) is 17.3 Å². The van der Waals surface area contributed by atoms with Crippen molar-refractivity contribution in [3.8, 4) is 11.5 Å². The minimum atomic E-state index is -0.825. The Kier molecular flexibility index (Phi) is 5.29. The van der Waals surface area contributed by atoms with E-state index >= 15 is 0 Å². The molecule has 22 heavy (non-hydrogen) atoms. The first-order valence-corrected chi connectivity index (χ1v) is 6.81. The zero-order chi connectivity index (χ0) is 15.9. The summed E-state index contributed by atoms with van der Waals surface area (Å²) >= 11 is 0. The van der Waals surface area contributed by atoms with Crippen LogP contribution < -0.4 is 9.47 Å². The van der Waals surface area contributed by atoms with Crippen LogP contribution in [0.25, 0.3) is 0 Å². The lowest BCUT2D eigenvalue weighted by atomic mass is 10.1. The predicted octanol–water partition coefficient (Wildman–Crippen LogP) is 1.15. The lowest BCUT2D eigenvalue weighted by Gasteiger charge is -2.09. The largest absolute Gasteiger partial charge is 0.493 e. The normalized spacial score (nSPS) is 10.5. The van der Waals surface area contributed by atoms with Crippen molar-refractivity contribution in [3.63, 3.8) is 0 Å². The van der Waals surface area contributed by atoms with Gasteiger partial charge in [-0.3, -0.25) is 4.79 Å². The standard InChI is InChI=1S/C14H18N4O4/c1-21-11-6-5-10(8-12(11)22-2)9-13-15-16-17-18(13)7-3-4-14(19)20/h5-6,8H,3-4,7,9H2,1-2H3,(H,19,20). The van der Waals surface area contributed by atoms with Crippen LogP contribution in [0.1, 0.15) is 24.2 Å². The number of carbonyl (C=O) groups is 1. The second-order valence-corrected chi connectivity index (χ2v) is 4.68. The molecule has 1 aromatic carbocycles. The Balaban J connectivity index is 2.08. The van der Waals surface area contributed by atoms with Crippen molar-refractivity contribution < 1.29 is 19.4 Å². The molecule has 118 valence electrons. The average molecular weight is 306 g/mol.